The van der Waals surface area contributed by atoms with Gasteiger partial charge in [0.05, 0.1) is 0 Å². The van der Waals surface area contributed by atoms with Gasteiger partial charge < -0.3 is 9.80 Å². The van der Waals surface area contributed by atoms with Crippen LogP contribution in [-0.2, 0) is 0 Å². The highest BCUT2D eigenvalue weighted by atomic mass is 32.2. The first-order chi connectivity index (χ1) is 10.3. The van der Waals surface area contributed by atoms with Gasteiger partial charge in [0.2, 0.25) is 0 Å². The van der Waals surface area contributed by atoms with E-state index in [1.165, 1.54) is 45.1 Å². The molecule has 0 spiro atoms. The minimum atomic E-state index is 0.706. The summed E-state index contributed by atoms with van der Waals surface area (Å²) in [5.41, 5.74) is 0. The lowest BCUT2D eigenvalue weighted by Gasteiger charge is -2.32. The minimum Gasteiger partial charge on any atom is -0.356 e. The molecule has 1 atom stereocenters. The van der Waals surface area contributed by atoms with E-state index in [0.717, 1.165) is 29.7 Å². The summed E-state index contributed by atoms with van der Waals surface area (Å²) in [6.07, 6.45) is 9.73. The first-order valence-electron chi connectivity index (χ1n) is 8.23. The second kappa shape index (κ2) is 7.45. The van der Waals surface area contributed by atoms with Crippen molar-refractivity contribution in [1.29, 1.82) is 0 Å². The Morgan fingerprint density at radius 1 is 1.10 bits per heavy atom. The Morgan fingerprint density at radius 2 is 1.90 bits per heavy atom. The molecule has 2 saturated heterocycles. The lowest BCUT2D eigenvalue weighted by molar-refractivity contribution is 0.204. The third kappa shape index (κ3) is 4.10. The molecule has 5 heteroatoms. The third-order valence-electron chi connectivity index (χ3n) is 4.65. The van der Waals surface area contributed by atoms with Gasteiger partial charge in [0, 0.05) is 31.0 Å². The molecule has 0 bridgehead atoms. The van der Waals surface area contributed by atoms with E-state index in [9.17, 15) is 0 Å². The zero-order chi connectivity index (χ0) is 14.5. The molecule has 0 aliphatic carbocycles. The minimum absolute atomic E-state index is 0.706. The highest BCUT2D eigenvalue weighted by Crippen LogP contribution is 2.26. The van der Waals surface area contributed by atoms with Gasteiger partial charge >= 0.3 is 0 Å². The maximum absolute atomic E-state index is 4.46. The van der Waals surface area contributed by atoms with E-state index in [1.807, 2.05) is 11.8 Å². The van der Waals surface area contributed by atoms with E-state index in [0.29, 0.717) is 6.04 Å². The number of likely N-dealkylation sites (tertiary alicyclic amines) is 1. The summed E-state index contributed by atoms with van der Waals surface area (Å²) in [5, 5.41) is 1.13. The molecular weight excluding hydrogens is 280 g/mol. The third-order valence-corrected chi connectivity index (χ3v) is 5.72. The number of hydrogen-bond acceptors (Lipinski definition) is 5. The Labute approximate surface area is 132 Å². The van der Waals surface area contributed by atoms with Crippen LogP contribution in [0.2, 0.25) is 0 Å². The number of thioether (sulfide) groups is 1. The van der Waals surface area contributed by atoms with Gasteiger partial charge in [0.15, 0.2) is 0 Å². The van der Waals surface area contributed by atoms with Crippen LogP contribution in [0.3, 0.4) is 0 Å². The Morgan fingerprint density at radius 3 is 2.71 bits per heavy atom. The first kappa shape index (κ1) is 15.1. The van der Waals surface area contributed by atoms with E-state index >= 15 is 0 Å². The summed E-state index contributed by atoms with van der Waals surface area (Å²) >= 11 is 1.89. The average Bonchev–Trinajstić information content (AvgIpc) is 2.55. The molecule has 0 N–H and O–H groups in total. The van der Waals surface area contributed by atoms with E-state index < -0.39 is 0 Å². The number of aromatic nitrogens is 2. The molecule has 3 heterocycles. The van der Waals surface area contributed by atoms with Crippen molar-refractivity contribution in [2.45, 2.75) is 49.6 Å². The molecular formula is C16H26N4S. The quantitative estimate of drug-likeness (QED) is 0.630. The van der Waals surface area contributed by atoms with Crippen LogP contribution in [0.25, 0.3) is 0 Å². The van der Waals surface area contributed by atoms with Crippen molar-refractivity contribution < 1.29 is 0 Å². The highest BCUT2D eigenvalue weighted by molar-refractivity contribution is 7.99. The number of piperidine rings is 2. The van der Waals surface area contributed by atoms with Gasteiger partial charge in [-0.05, 0) is 45.7 Å². The number of rotatable bonds is 4. The monoisotopic (exact) mass is 306 g/mol. The molecule has 0 saturated carbocycles. The Hall–Kier alpha value is -0.810. The van der Waals surface area contributed by atoms with E-state index in [2.05, 4.69) is 32.9 Å². The van der Waals surface area contributed by atoms with Crippen LogP contribution < -0.4 is 4.90 Å². The van der Waals surface area contributed by atoms with Gasteiger partial charge in [-0.3, -0.25) is 0 Å². The van der Waals surface area contributed by atoms with E-state index in [4.69, 9.17) is 0 Å². The van der Waals surface area contributed by atoms with Crippen LogP contribution >= 0.6 is 11.8 Å². The first-order valence-corrected chi connectivity index (χ1v) is 9.21. The van der Waals surface area contributed by atoms with Crippen LogP contribution in [0.5, 0.6) is 0 Å². The molecule has 0 aromatic carbocycles. The molecule has 21 heavy (non-hydrogen) atoms. The van der Waals surface area contributed by atoms with Crippen LogP contribution in [0.4, 0.5) is 5.82 Å². The van der Waals surface area contributed by atoms with Crippen molar-refractivity contribution >= 4 is 17.6 Å². The largest absolute Gasteiger partial charge is 0.356 e. The predicted octanol–water partition coefficient (Wildman–Crippen LogP) is 3.04. The summed E-state index contributed by atoms with van der Waals surface area (Å²) in [5.74, 6) is 2.26. The zero-order valence-electron chi connectivity index (χ0n) is 13.0. The molecule has 0 amide bonds. The number of hydrogen-bond donors (Lipinski definition) is 0. The number of nitrogens with zero attached hydrogens (tertiary/aromatic N) is 4. The Kier molecular flexibility index (Phi) is 5.36. The smallest absolute Gasteiger partial charge is 0.133 e. The van der Waals surface area contributed by atoms with Gasteiger partial charge in [-0.1, -0.05) is 6.42 Å². The number of anilines is 1. The predicted molar refractivity (Wildman–Crippen MR) is 89.1 cm³/mol. The van der Waals surface area contributed by atoms with Gasteiger partial charge in [0.1, 0.15) is 17.2 Å². The molecule has 2 aliphatic heterocycles. The normalized spacial score (nSPS) is 24.2. The standard InChI is InChI=1S/C16H26N4S/c1-19-8-6-3-7-14(19)12-21-16-11-15(17-13-18-16)20-9-4-2-5-10-20/h11,13-14H,2-10,12H2,1H3. The van der Waals surface area contributed by atoms with E-state index in [-0.39, 0.29) is 0 Å². The lowest BCUT2D eigenvalue weighted by Crippen LogP contribution is -2.37. The molecule has 4 nitrogen and oxygen atoms in total. The second-order valence-corrected chi connectivity index (χ2v) is 7.24. The molecule has 3 rings (SSSR count). The fourth-order valence-electron chi connectivity index (χ4n) is 3.24. The molecule has 0 radical (unpaired) electrons. The SMILES string of the molecule is CN1CCCCC1CSc1cc(N2CCCCC2)ncn1. The topological polar surface area (TPSA) is 32.3 Å². The molecule has 2 aliphatic rings. The summed E-state index contributed by atoms with van der Waals surface area (Å²) < 4.78 is 0. The van der Waals surface area contributed by atoms with Crippen molar-refractivity contribution in [1.82, 2.24) is 14.9 Å². The summed E-state index contributed by atoms with van der Waals surface area (Å²) in [7, 11) is 2.25. The van der Waals surface area contributed by atoms with Crippen molar-refractivity contribution in [3.8, 4) is 0 Å². The molecule has 1 aromatic rings. The van der Waals surface area contributed by atoms with Crippen molar-refractivity contribution in [3.05, 3.63) is 12.4 Å². The lowest BCUT2D eigenvalue weighted by atomic mass is 10.1. The summed E-state index contributed by atoms with van der Waals surface area (Å²) in [6, 6.07) is 2.89. The molecule has 116 valence electrons. The van der Waals surface area contributed by atoms with Gasteiger partial charge in [-0.25, -0.2) is 9.97 Å². The zero-order valence-corrected chi connectivity index (χ0v) is 13.8. The fourth-order valence-corrected chi connectivity index (χ4v) is 4.34. The maximum Gasteiger partial charge on any atom is 0.133 e. The van der Waals surface area contributed by atoms with E-state index in [1.54, 1.807) is 6.33 Å². The highest BCUT2D eigenvalue weighted by Gasteiger charge is 2.19. The second-order valence-electron chi connectivity index (χ2n) is 6.20. The molecule has 1 unspecified atom stereocenters. The Balaban J connectivity index is 1.57. The maximum atomic E-state index is 4.46. The van der Waals surface area contributed by atoms with Crippen LogP contribution in [0.15, 0.2) is 17.4 Å². The fraction of sp³-hybridized carbons (Fsp3) is 0.750. The van der Waals surface area contributed by atoms with Crippen molar-refractivity contribution in [2.24, 2.45) is 0 Å². The van der Waals surface area contributed by atoms with Crippen LogP contribution in [-0.4, -0.2) is 53.3 Å². The average molecular weight is 306 g/mol. The van der Waals surface area contributed by atoms with Crippen molar-refractivity contribution in [2.75, 3.05) is 37.3 Å². The molecule has 1 aromatic heterocycles. The van der Waals surface area contributed by atoms with Crippen LogP contribution in [0, 0.1) is 0 Å². The summed E-state index contributed by atoms with van der Waals surface area (Å²) in [6.45, 7) is 3.53. The summed E-state index contributed by atoms with van der Waals surface area (Å²) in [4.78, 5) is 13.8. The van der Waals surface area contributed by atoms with Gasteiger partial charge in [-0.15, -0.1) is 11.8 Å². The Bertz CT molecular complexity index is 448. The molecule has 2 fully saturated rings. The van der Waals surface area contributed by atoms with Crippen LogP contribution in [0.1, 0.15) is 38.5 Å². The van der Waals surface area contributed by atoms with Gasteiger partial charge in [0.25, 0.3) is 0 Å². The van der Waals surface area contributed by atoms with Crippen molar-refractivity contribution in [3.63, 3.8) is 0 Å². The van der Waals surface area contributed by atoms with Gasteiger partial charge in [-0.2, -0.15) is 0 Å².